The molecule has 4 N–H and O–H groups in total. The minimum Gasteiger partial charge on any atom is -0.480 e. The Labute approximate surface area is 152 Å². The summed E-state index contributed by atoms with van der Waals surface area (Å²) in [6.07, 6.45) is 3.93. The summed E-state index contributed by atoms with van der Waals surface area (Å²) in [6, 6.07) is 0.131. The van der Waals surface area contributed by atoms with Crippen molar-refractivity contribution in [2.75, 3.05) is 38.6 Å². The number of hydrogen-bond donors (Lipinski definition) is 3. The van der Waals surface area contributed by atoms with Crippen LogP contribution in [0.4, 0.5) is 5.82 Å². The van der Waals surface area contributed by atoms with Gasteiger partial charge in [-0.25, -0.2) is 0 Å². The molecule has 0 amide bonds. The summed E-state index contributed by atoms with van der Waals surface area (Å²) in [6.45, 7) is 6.04. The SMILES string of the molecule is CCCCOc1nc(N)c2nc(O)n(CC3CCN(CCO)CC3)c2n1. The first-order valence-electron chi connectivity index (χ1n) is 9.31. The number of aliphatic hydroxyl groups is 1. The van der Waals surface area contributed by atoms with E-state index in [-0.39, 0.29) is 24.4 Å². The van der Waals surface area contributed by atoms with E-state index in [2.05, 4.69) is 26.8 Å². The number of unbranched alkanes of at least 4 members (excludes halogenated alkanes) is 1. The van der Waals surface area contributed by atoms with Gasteiger partial charge in [0.25, 0.3) is 6.01 Å². The third-order valence-corrected chi connectivity index (χ3v) is 4.87. The number of piperidine rings is 1. The second kappa shape index (κ2) is 8.50. The molecule has 144 valence electrons. The van der Waals surface area contributed by atoms with Crippen LogP contribution < -0.4 is 10.5 Å². The number of fused-ring (bicyclic) bond motifs is 1. The maximum atomic E-state index is 10.3. The minimum atomic E-state index is -0.0931. The number of aromatic hydroxyl groups is 1. The molecular weight excluding hydrogens is 336 g/mol. The van der Waals surface area contributed by atoms with Crippen LogP contribution in [0, 0.1) is 5.92 Å². The van der Waals surface area contributed by atoms with E-state index in [4.69, 9.17) is 15.6 Å². The number of nitrogens with zero attached hydrogens (tertiary/aromatic N) is 5. The molecule has 1 aliphatic rings. The van der Waals surface area contributed by atoms with Crippen LogP contribution in [0.1, 0.15) is 32.6 Å². The quantitative estimate of drug-likeness (QED) is 0.593. The van der Waals surface area contributed by atoms with E-state index in [1.165, 1.54) is 0 Å². The molecule has 1 aliphatic heterocycles. The lowest BCUT2D eigenvalue weighted by Gasteiger charge is -2.31. The maximum Gasteiger partial charge on any atom is 0.320 e. The Morgan fingerprint density at radius 1 is 1.23 bits per heavy atom. The van der Waals surface area contributed by atoms with Gasteiger partial charge in [0.1, 0.15) is 0 Å². The van der Waals surface area contributed by atoms with Gasteiger partial charge in [-0.2, -0.15) is 15.0 Å². The number of rotatable bonds is 8. The molecule has 0 bridgehead atoms. The van der Waals surface area contributed by atoms with E-state index in [9.17, 15) is 5.11 Å². The molecule has 26 heavy (non-hydrogen) atoms. The number of hydrogen-bond acceptors (Lipinski definition) is 8. The zero-order chi connectivity index (χ0) is 18.5. The smallest absolute Gasteiger partial charge is 0.320 e. The molecule has 3 rings (SSSR count). The number of aromatic nitrogens is 4. The fourth-order valence-electron chi connectivity index (χ4n) is 3.32. The second-order valence-electron chi connectivity index (χ2n) is 6.80. The van der Waals surface area contributed by atoms with Crippen molar-refractivity contribution in [3.63, 3.8) is 0 Å². The molecule has 0 unspecified atom stereocenters. The number of ether oxygens (including phenoxy) is 1. The van der Waals surface area contributed by atoms with Crippen LogP contribution in [0.2, 0.25) is 0 Å². The number of imidazole rings is 1. The highest BCUT2D eigenvalue weighted by molar-refractivity contribution is 5.83. The molecule has 0 aliphatic carbocycles. The number of nitrogen functional groups attached to an aromatic ring is 1. The van der Waals surface area contributed by atoms with Gasteiger partial charge < -0.3 is 25.6 Å². The summed E-state index contributed by atoms with van der Waals surface area (Å²) >= 11 is 0. The van der Waals surface area contributed by atoms with Gasteiger partial charge in [-0.15, -0.1) is 0 Å². The second-order valence-corrected chi connectivity index (χ2v) is 6.80. The topological polar surface area (TPSA) is 123 Å². The summed E-state index contributed by atoms with van der Waals surface area (Å²) in [5.74, 6) is 0.627. The Kier molecular flexibility index (Phi) is 6.10. The highest BCUT2D eigenvalue weighted by Gasteiger charge is 2.23. The fourth-order valence-corrected chi connectivity index (χ4v) is 3.32. The summed E-state index contributed by atoms with van der Waals surface area (Å²) in [5.41, 5.74) is 6.90. The van der Waals surface area contributed by atoms with Crippen LogP contribution in [0.3, 0.4) is 0 Å². The molecule has 3 heterocycles. The van der Waals surface area contributed by atoms with Gasteiger partial charge >= 0.3 is 6.01 Å². The fraction of sp³-hybridized carbons (Fsp3) is 0.706. The molecule has 1 saturated heterocycles. The largest absolute Gasteiger partial charge is 0.480 e. The van der Waals surface area contributed by atoms with E-state index in [0.717, 1.165) is 38.8 Å². The van der Waals surface area contributed by atoms with E-state index in [1.54, 1.807) is 4.57 Å². The van der Waals surface area contributed by atoms with Crippen LogP contribution in [-0.4, -0.2) is 67.5 Å². The summed E-state index contributed by atoms with van der Waals surface area (Å²) in [7, 11) is 0. The van der Waals surface area contributed by atoms with E-state index in [0.29, 0.717) is 36.8 Å². The average molecular weight is 364 g/mol. The normalized spacial score (nSPS) is 16.4. The maximum absolute atomic E-state index is 10.3. The average Bonchev–Trinajstić information content (AvgIpc) is 2.94. The number of anilines is 1. The first-order valence-corrected chi connectivity index (χ1v) is 9.31. The van der Waals surface area contributed by atoms with Gasteiger partial charge in [-0.3, -0.25) is 4.57 Å². The Bertz CT molecular complexity index is 727. The molecule has 2 aromatic rings. The summed E-state index contributed by atoms with van der Waals surface area (Å²) < 4.78 is 7.28. The van der Waals surface area contributed by atoms with E-state index >= 15 is 0 Å². The Morgan fingerprint density at radius 3 is 2.69 bits per heavy atom. The Hall–Kier alpha value is -2.13. The lowest BCUT2D eigenvalue weighted by molar-refractivity contribution is 0.140. The monoisotopic (exact) mass is 364 g/mol. The number of nitrogens with two attached hydrogens (primary N) is 1. The van der Waals surface area contributed by atoms with Gasteiger partial charge in [-0.05, 0) is 38.3 Å². The number of likely N-dealkylation sites (tertiary alicyclic amines) is 1. The van der Waals surface area contributed by atoms with E-state index in [1.807, 2.05) is 0 Å². The lowest BCUT2D eigenvalue weighted by Crippen LogP contribution is -2.36. The van der Waals surface area contributed by atoms with Crippen molar-refractivity contribution in [3.05, 3.63) is 0 Å². The van der Waals surface area contributed by atoms with Gasteiger partial charge in [0.05, 0.1) is 13.2 Å². The van der Waals surface area contributed by atoms with Crippen molar-refractivity contribution < 1.29 is 14.9 Å². The predicted octanol–water partition coefficient (Wildman–Crippen LogP) is 0.997. The summed E-state index contributed by atoms with van der Waals surface area (Å²) in [5, 5.41) is 19.3. The molecule has 1 fully saturated rings. The first kappa shape index (κ1) is 18.7. The van der Waals surface area contributed by atoms with Crippen molar-refractivity contribution in [1.82, 2.24) is 24.4 Å². The standard InChI is InChI=1S/C17H28N6O3/c1-2-3-10-26-16-20-14(18)13-15(21-16)23(17(25)19-13)11-12-4-6-22(7-5-12)8-9-24/h12,24H,2-11H2,1H3,(H,19,25)(H2,18,20,21). The van der Waals surface area contributed by atoms with Crippen LogP contribution in [0.5, 0.6) is 12.0 Å². The van der Waals surface area contributed by atoms with E-state index < -0.39 is 0 Å². The van der Waals surface area contributed by atoms with Gasteiger partial charge in [0.15, 0.2) is 17.0 Å². The molecule has 9 heteroatoms. The third-order valence-electron chi connectivity index (χ3n) is 4.87. The molecule has 0 aromatic carbocycles. The molecule has 2 aromatic heterocycles. The Morgan fingerprint density at radius 2 is 2.00 bits per heavy atom. The van der Waals surface area contributed by atoms with Gasteiger partial charge in [-0.1, -0.05) is 13.3 Å². The zero-order valence-electron chi connectivity index (χ0n) is 15.3. The van der Waals surface area contributed by atoms with Crippen molar-refractivity contribution >= 4 is 17.0 Å². The Balaban J connectivity index is 1.76. The highest BCUT2D eigenvalue weighted by Crippen LogP contribution is 2.28. The molecular formula is C17H28N6O3. The number of β-amino-alcohol motifs (C(OH)–C–C–N with tert-alkyl or cyclic N) is 1. The van der Waals surface area contributed by atoms with Crippen LogP contribution in [0.25, 0.3) is 11.2 Å². The van der Waals surface area contributed by atoms with Crippen LogP contribution in [0.15, 0.2) is 0 Å². The van der Waals surface area contributed by atoms with Crippen molar-refractivity contribution in [2.45, 2.75) is 39.2 Å². The third kappa shape index (κ3) is 4.16. The van der Waals surface area contributed by atoms with Crippen molar-refractivity contribution in [3.8, 4) is 12.0 Å². The minimum absolute atomic E-state index is 0.0931. The molecule has 0 saturated carbocycles. The van der Waals surface area contributed by atoms with Gasteiger partial charge in [0, 0.05) is 13.1 Å². The summed E-state index contributed by atoms with van der Waals surface area (Å²) in [4.78, 5) is 14.9. The first-order chi connectivity index (χ1) is 12.6. The lowest BCUT2D eigenvalue weighted by atomic mass is 9.97. The van der Waals surface area contributed by atoms with Crippen molar-refractivity contribution in [1.29, 1.82) is 0 Å². The zero-order valence-corrected chi connectivity index (χ0v) is 15.3. The highest BCUT2D eigenvalue weighted by atomic mass is 16.5. The van der Waals surface area contributed by atoms with Crippen LogP contribution >= 0.6 is 0 Å². The number of aliphatic hydroxyl groups excluding tert-OH is 1. The predicted molar refractivity (Wildman–Crippen MR) is 98.1 cm³/mol. The molecule has 0 atom stereocenters. The van der Waals surface area contributed by atoms with Gasteiger partial charge in [0.2, 0.25) is 0 Å². The van der Waals surface area contributed by atoms with Crippen molar-refractivity contribution in [2.24, 2.45) is 5.92 Å². The molecule has 9 nitrogen and oxygen atoms in total. The molecule has 0 spiro atoms. The van der Waals surface area contributed by atoms with Crippen LogP contribution in [-0.2, 0) is 6.54 Å². The molecule has 0 radical (unpaired) electrons.